The third-order valence-electron chi connectivity index (χ3n) is 5.35. The molecule has 1 atom stereocenters. The lowest BCUT2D eigenvalue weighted by atomic mass is 10.0. The van der Waals surface area contributed by atoms with E-state index < -0.39 is 0 Å². The summed E-state index contributed by atoms with van der Waals surface area (Å²) in [5.74, 6) is 1.80. The van der Waals surface area contributed by atoms with Crippen molar-refractivity contribution in [2.75, 3.05) is 25.1 Å². The van der Waals surface area contributed by atoms with Crippen LogP contribution in [0.15, 0.2) is 59.1 Å². The summed E-state index contributed by atoms with van der Waals surface area (Å²) in [4.78, 5) is 14.7. The van der Waals surface area contributed by atoms with E-state index in [-0.39, 0.29) is 11.9 Å². The minimum absolute atomic E-state index is 0.0603. The molecule has 2 heterocycles. The highest BCUT2D eigenvalue weighted by molar-refractivity contribution is 9.10. The number of aromatic nitrogens is 2. The van der Waals surface area contributed by atoms with E-state index in [2.05, 4.69) is 42.4 Å². The highest BCUT2D eigenvalue weighted by Gasteiger charge is 2.23. The van der Waals surface area contributed by atoms with Crippen molar-refractivity contribution in [2.45, 2.75) is 25.3 Å². The SMILES string of the molecule is COc1ccc(-c2cc(N3CCCC(NC(=O)Cc4ccc(Br)cc4)C3)n[nH]2)cc1. The van der Waals surface area contributed by atoms with Gasteiger partial charge in [0.15, 0.2) is 5.82 Å². The summed E-state index contributed by atoms with van der Waals surface area (Å²) in [7, 11) is 1.66. The molecule has 30 heavy (non-hydrogen) atoms. The predicted octanol–water partition coefficient (Wildman–Crippen LogP) is 4.18. The molecule has 1 fully saturated rings. The molecular weight excluding hydrogens is 444 g/mol. The van der Waals surface area contributed by atoms with Gasteiger partial charge in [-0.1, -0.05) is 28.1 Å². The molecule has 0 radical (unpaired) electrons. The smallest absolute Gasteiger partial charge is 0.224 e. The van der Waals surface area contributed by atoms with Crippen molar-refractivity contribution in [2.24, 2.45) is 0 Å². The van der Waals surface area contributed by atoms with E-state index in [1.165, 1.54) is 0 Å². The first kappa shape index (κ1) is 20.5. The second-order valence-electron chi connectivity index (χ2n) is 7.52. The van der Waals surface area contributed by atoms with E-state index in [1.54, 1.807) is 7.11 Å². The maximum absolute atomic E-state index is 12.5. The summed E-state index contributed by atoms with van der Waals surface area (Å²) < 4.78 is 6.24. The standard InChI is InChI=1S/C23H25BrN4O2/c1-30-20-10-6-17(7-11-20)21-14-22(27-26-21)28-12-2-3-19(15-28)25-23(29)13-16-4-8-18(24)9-5-16/h4-11,14,19H,2-3,12-13,15H2,1H3,(H,25,29)(H,26,27). The maximum atomic E-state index is 12.5. The van der Waals surface area contributed by atoms with Crippen LogP contribution in [-0.4, -0.2) is 42.3 Å². The maximum Gasteiger partial charge on any atom is 0.224 e. The first-order valence-corrected chi connectivity index (χ1v) is 10.9. The highest BCUT2D eigenvalue weighted by atomic mass is 79.9. The minimum atomic E-state index is 0.0603. The topological polar surface area (TPSA) is 70.2 Å². The summed E-state index contributed by atoms with van der Waals surface area (Å²) in [6, 6.07) is 18.0. The molecule has 1 aliphatic heterocycles. The molecule has 1 amide bonds. The van der Waals surface area contributed by atoms with Crippen molar-refractivity contribution in [1.29, 1.82) is 0 Å². The fourth-order valence-electron chi connectivity index (χ4n) is 3.76. The Kier molecular flexibility index (Phi) is 6.38. The number of benzene rings is 2. The molecule has 2 N–H and O–H groups in total. The Labute approximate surface area is 184 Å². The third-order valence-corrected chi connectivity index (χ3v) is 5.88. The van der Waals surface area contributed by atoms with Crippen LogP contribution in [0, 0.1) is 0 Å². The molecule has 156 valence electrons. The van der Waals surface area contributed by atoms with Gasteiger partial charge in [-0.15, -0.1) is 0 Å². The summed E-state index contributed by atoms with van der Waals surface area (Å²) in [5, 5.41) is 10.8. The van der Waals surface area contributed by atoms with E-state index >= 15 is 0 Å². The second kappa shape index (κ2) is 9.34. The Balaban J connectivity index is 1.36. The molecule has 3 aromatic rings. The molecule has 0 bridgehead atoms. The number of amides is 1. The molecule has 1 aromatic heterocycles. The van der Waals surface area contributed by atoms with Gasteiger partial charge in [0.2, 0.25) is 5.91 Å². The zero-order chi connectivity index (χ0) is 20.9. The Morgan fingerprint density at radius 1 is 1.23 bits per heavy atom. The number of aromatic amines is 1. The van der Waals surface area contributed by atoms with E-state index in [1.807, 2.05) is 48.5 Å². The Morgan fingerprint density at radius 2 is 2.00 bits per heavy atom. The first-order valence-electron chi connectivity index (χ1n) is 10.1. The number of hydrogen-bond donors (Lipinski definition) is 2. The summed E-state index contributed by atoms with van der Waals surface area (Å²) in [6.07, 6.45) is 2.40. The molecule has 1 aliphatic rings. The number of ether oxygens (including phenoxy) is 1. The molecule has 4 rings (SSSR count). The average Bonchev–Trinajstić information content (AvgIpc) is 3.26. The van der Waals surface area contributed by atoms with Crippen LogP contribution in [0.3, 0.4) is 0 Å². The van der Waals surface area contributed by atoms with Crippen molar-refractivity contribution in [1.82, 2.24) is 15.5 Å². The number of halogens is 1. The lowest BCUT2D eigenvalue weighted by Crippen LogP contribution is -2.48. The highest BCUT2D eigenvalue weighted by Crippen LogP contribution is 2.25. The number of carbonyl (C=O) groups is 1. The Bertz CT molecular complexity index is 985. The Hall–Kier alpha value is -2.80. The van der Waals surface area contributed by atoms with Crippen LogP contribution in [-0.2, 0) is 11.2 Å². The zero-order valence-corrected chi connectivity index (χ0v) is 18.5. The first-order chi connectivity index (χ1) is 14.6. The molecule has 7 heteroatoms. The van der Waals surface area contributed by atoms with E-state index in [4.69, 9.17) is 4.74 Å². The van der Waals surface area contributed by atoms with Crippen LogP contribution in [0.2, 0.25) is 0 Å². The van der Waals surface area contributed by atoms with E-state index in [9.17, 15) is 4.79 Å². The van der Waals surface area contributed by atoms with Gasteiger partial charge >= 0.3 is 0 Å². The van der Waals surface area contributed by atoms with Crippen LogP contribution in [0.4, 0.5) is 5.82 Å². The molecule has 6 nitrogen and oxygen atoms in total. The number of rotatable bonds is 6. The third kappa shape index (κ3) is 5.02. The lowest BCUT2D eigenvalue weighted by molar-refractivity contribution is -0.121. The van der Waals surface area contributed by atoms with Gasteiger partial charge in [-0.3, -0.25) is 9.89 Å². The fraction of sp³-hybridized carbons (Fsp3) is 0.304. The molecule has 0 saturated carbocycles. The monoisotopic (exact) mass is 468 g/mol. The van der Waals surface area contributed by atoms with Crippen LogP contribution >= 0.6 is 15.9 Å². The number of H-pyrrole nitrogens is 1. The number of piperidine rings is 1. The van der Waals surface area contributed by atoms with Crippen LogP contribution < -0.4 is 15.0 Å². The largest absolute Gasteiger partial charge is 0.497 e. The van der Waals surface area contributed by atoms with Crippen molar-refractivity contribution < 1.29 is 9.53 Å². The van der Waals surface area contributed by atoms with Gasteiger partial charge in [-0.2, -0.15) is 5.10 Å². The number of carbonyl (C=O) groups excluding carboxylic acids is 1. The van der Waals surface area contributed by atoms with Gasteiger partial charge in [-0.05, 0) is 60.4 Å². The number of nitrogens with zero attached hydrogens (tertiary/aromatic N) is 2. The van der Waals surface area contributed by atoms with Crippen LogP contribution in [0.25, 0.3) is 11.3 Å². The molecule has 1 saturated heterocycles. The van der Waals surface area contributed by atoms with Crippen LogP contribution in [0.5, 0.6) is 5.75 Å². The van der Waals surface area contributed by atoms with Crippen molar-refractivity contribution in [3.63, 3.8) is 0 Å². The molecule has 0 aliphatic carbocycles. The summed E-state index contributed by atoms with van der Waals surface area (Å²) in [5.41, 5.74) is 3.04. The second-order valence-corrected chi connectivity index (χ2v) is 8.44. The normalized spacial score (nSPS) is 16.3. The number of methoxy groups -OCH3 is 1. The van der Waals surface area contributed by atoms with Gasteiger partial charge in [0.05, 0.1) is 19.2 Å². The minimum Gasteiger partial charge on any atom is -0.497 e. The van der Waals surface area contributed by atoms with E-state index in [0.717, 1.165) is 58.8 Å². The predicted molar refractivity (Wildman–Crippen MR) is 122 cm³/mol. The quantitative estimate of drug-likeness (QED) is 0.569. The molecule has 1 unspecified atom stereocenters. The van der Waals surface area contributed by atoms with Gasteiger partial charge < -0.3 is 15.0 Å². The van der Waals surface area contributed by atoms with Gasteiger partial charge in [0.25, 0.3) is 0 Å². The number of nitrogens with one attached hydrogen (secondary N) is 2. The van der Waals surface area contributed by atoms with Gasteiger partial charge in [-0.25, -0.2) is 0 Å². The molecular formula is C23H25BrN4O2. The number of anilines is 1. The van der Waals surface area contributed by atoms with Crippen molar-refractivity contribution in [3.05, 3.63) is 64.6 Å². The molecule has 0 spiro atoms. The number of hydrogen-bond acceptors (Lipinski definition) is 4. The zero-order valence-electron chi connectivity index (χ0n) is 16.9. The van der Waals surface area contributed by atoms with Crippen molar-refractivity contribution in [3.8, 4) is 17.0 Å². The lowest BCUT2D eigenvalue weighted by Gasteiger charge is -2.33. The van der Waals surface area contributed by atoms with E-state index in [0.29, 0.717) is 6.42 Å². The Morgan fingerprint density at radius 3 is 2.73 bits per heavy atom. The van der Waals surface area contributed by atoms with Crippen LogP contribution in [0.1, 0.15) is 18.4 Å². The summed E-state index contributed by atoms with van der Waals surface area (Å²) in [6.45, 7) is 1.70. The summed E-state index contributed by atoms with van der Waals surface area (Å²) >= 11 is 3.42. The van der Waals surface area contributed by atoms with Crippen molar-refractivity contribution >= 4 is 27.7 Å². The van der Waals surface area contributed by atoms with Gasteiger partial charge in [0, 0.05) is 29.7 Å². The molecule has 2 aromatic carbocycles. The fourth-order valence-corrected chi connectivity index (χ4v) is 4.03. The average molecular weight is 469 g/mol. The van der Waals surface area contributed by atoms with Gasteiger partial charge in [0.1, 0.15) is 5.75 Å².